The smallest absolute Gasteiger partial charge is 0.322 e. The molecule has 0 radical (unpaired) electrons. The third-order valence-electron chi connectivity index (χ3n) is 3.73. The molecule has 2 saturated heterocycles. The first-order valence-electron chi connectivity index (χ1n) is 6.49. The molecule has 2 aliphatic heterocycles. The molecular formula is C12H19N3O3. The third kappa shape index (κ3) is 2.32. The lowest BCUT2D eigenvalue weighted by Crippen LogP contribution is -2.55. The van der Waals surface area contributed by atoms with Gasteiger partial charge in [-0.1, -0.05) is 13.3 Å². The summed E-state index contributed by atoms with van der Waals surface area (Å²) < 4.78 is 0. The van der Waals surface area contributed by atoms with E-state index in [1.807, 2.05) is 0 Å². The first-order chi connectivity index (χ1) is 8.57. The predicted octanol–water partition coefficient (Wildman–Crippen LogP) is 0.377. The molecule has 0 aromatic rings. The van der Waals surface area contributed by atoms with Crippen molar-refractivity contribution < 1.29 is 14.4 Å². The highest BCUT2D eigenvalue weighted by Crippen LogP contribution is 2.25. The maximum atomic E-state index is 11.8. The van der Waals surface area contributed by atoms with Crippen LogP contribution in [0.5, 0.6) is 0 Å². The molecule has 2 heterocycles. The molecule has 4 amide bonds. The summed E-state index contributed by atoms with van der Waals surface area (Å²) in [5, 5.41) is 4.95. The van der Waals surface area contributed by atoms with Gasteiger partial charge >= 0.3 is 6.03 Å². The highest BCUT2D eigenvalue weighted by molar-refractivity contribution is 6.07. The number of nitrogens with one attached hydrogen (secondary N) is 2. The van der Waals surface area contributed by atoms with Crippen molar-refractivity contribution in [3.63, 3.8) is 0 Å². The number of unbranched alkanes of at least 4 members (excludes halogenated alkanes) is 1. The molecular weight excluding hydrogens is 234 g/mol. The van der Waals surface area contributed by atoms with Crippen LogP contribution < -0.4 is 10.6 Å². The second kappa shape index (κ2) is 4.96. The quantitative estimate of drug-likeness (QED) is 0.714. The number of piperidine rings is 1. The van der Waals surface area contributed by atoms with Gasteiger partial charge in [-0.3, -0.25) is 14.9 Å². The van der Waals surface area contributed by atoms with Gasteiger partial charge in [0, 0.05) is 19.5 Å². The van der Waals surface area contributed by atoms with Crippen LogP contribution in [0.1, 0.15) is 39.0 Å². The van der Waals surface area contributed by atoms with Crippen LogP contribution in [-0.2, 0) is 9.59 Å². The molecule has 0 aromatic carbocycles. The molecule has 18 heavy (non-hydrogen) atoms. The molecule has 0 unspecified atom stereocenters. The van der Waals surface area contributed by atoms with E-state index in [4.69, 9.17) is 0 Å². The summed E-state index contributed by atoms with van der Waals surface area (Å²) in [5.41, 5.74) is -0.779. The van der Waals surface area contributed by atoms with Crippen molar-refractivity contribution in [3.8, 4) is 0 Å². The predicted molar refractivity (Wildman–Crippen MR) is 64.7 cm³/mol. The molecule has 2 aliphatic rings. The van der Waals surface area contributed by atoms with Crippen molar-refractivity contribution in [2.24, 2.45) is 0 Å². The number of hydrogen-bond donors (Lipinski definition) is 2. The Bertz CT molecular complexity index is 373. The van der Waals surface area contributed by atoms with Gasteiger partial charge in [-0.2, -0.15) is 0 Å². The highest BCUT2D eigenvalue weighted by atomic mass is 16.2. The third-order valence-corrected chi connectivity index (χ3v) is 3.73. The minimum absolute atomic E-state index is 0.149. The average molecular weight is 253 g/mol. The van der Waals surface area contributed by atoms with Gasteiger partial charge in [-0.25, -0.2) is 4.79 Å². The van der Waals surface area contributed by atoms with Crippen LogP contribution in [0.15, 0.2) is 0 Å². The molecule has 2 fully saturated rings. The molecule has 2 rings (SSSR count). The summed E-state index contributed by atoms with van der Waals surface area (Å²) in [6.07, 6.45) is 3.48. The molecule has 2 N–H and O–H groups in total. The molecule has 0 aromatic heterocycles. The minimum atomic E-state index is -0.779. The Morgan fingerprint density at radius 2 is 2.00 bits per heavy atom. The summed E-state index contributed by atoms with van der Waals surface area (Å²) in [7, 11) is 0. The van der Waals surface area contributed by atoms with Gasteiger partial charge in [0.1, 0.15) is 5.54 Å². The SMILES string of the molecule is CCCCC(=O)N1CCC2(CC1)NC(=O)NC2=O. The van der Waals surface area contributed by atoms with Crippen LogP contribution >= 0.6 is 0 Å². The van der Waals surface area contributed by atoms with Crippen LogP contribution in [0.4, 0.5) is 4.79 Å². The number of carbonyl (C=O) groups excluding carboxylic acids is 3. The largest absolute Gasteiger partial charge is 0.342 e. The normalized spacial score (nSPS) is 21.9. The summed E-state index contributed by atoms with van der Waals surface area (Å²) in [5.74, 6) is -0.107. The highest BCUT2D eigenvalue weighted by Gasteiger charge is 2.48. The topological polar surface area (TPSA) is 78.5 Å². The Labute approximate surface area is 106 Å². The van der Waals surface area contributed by atoms with Gasteiger partial charge in [0.25, 0.3) is 5.91 Å². The van der Waals surface area contributed by atoms with Gasteiger partial charge in [-0.05, 0) is 19.3 Å². The first-order valence-corrected chi connectivity index (χ1v) is 6.49. The van der Waals surface area contributed by atoms with Crippen LogP contribution in [0.3, 0.4) is 0 Å². The van der Waals surface area contributed by atoms with Crippen molar-refractivity contribution >= 4 is 17.8 Å². The number of nitrogens with zero attached hydrogens (tertiary/aromatic N) is 1. The molecule has 6 heteroatoms. The fraction of sp³-hybridized carbons (Fsp3) is 0.750. The summed E-state index contributed by atoms with van der Waals surface area (Å²) in [6, 6.07) is -0.425. The van der Waals surface area contributed by atoms with E-state index in [-0.39, 0.29) is 11.8 Å². The zero-order chi connectivity index (χ0) is 13.2. The van der Waals surface area contributed by atoms with E-state index in [0.717, 1.165) is 12.8 Å². The Morgan fingerprint density at radius 1 is 1.33 bits per heavy atom. The van der Waals surface area contributed by atoms with Gasteiger partial charge in [-0.15, -0.1) is 0 Å². The number of likely N-dealkylation sites (tertiary alicyclic amines) is 1. The molecule has 0 atom stereocenters. The van der Waals surface area contributed by atoms with Gasteiger partial charge in [0.05, 0.1) is 0 Å². The van der Waals surface area contributed by atoms with Gasteiger partial charge < -0.3 is 10.2 Å². The van der Waals surface area contributed by atoms with Crippen LogP contribution in [-0.4, -0.2) is 41.4 Å². The summed E-state index contributed by atoms with van der Waals surface area (Å²) in [6.45, 7) is 3.13. The second-order valence-corrected chi connectivity index (χ2v) is 4.97. The zero-order valence-corrected chi connectivity index (χ0v) is 10.6. The second-order valence-electron chi connectivity index (χ2n) is 4.97. The van der Waals surface area contributed by atoms with Gasteiger partial charge in [0.15, 0.2) is 0 Å². The van der Waals surface area contributed by atoms with Crippen LogP contribution in [0.2, 0.25) is 0 Å². The standard InChI is InChI=1S/C12H19N3O3/c1-2-3-4-9(16)15-7-5-12(6-8-15)10(17)13-11(18)14-12/h2-8H2,1H3,(H2,13,14,17,18). The monoisotopic (exact) mass is 253 g/mol. The van der Waals surface area contributed by atoms with Crippen molar-refractivity contribution in [1.29, 1.82) is 0 Å². The lowest BCUT2D eigenvalue weighted by molar-refractivity contribution is -0.135. The van der Waals surface area contributed by atoms with Crippen molar-refractivity contribution in [1.82, 2.24) is 15.5 Å². The molecule has 0 bridgehead atoms. The molecule has 6 nitrogen and oxygen atoms in total. The van der Waals surface area contributed by atoms with E-state index in [9.17, 15) is 14.4 Å². The van der Waals surface area contributed by atoms with E-state index >= 15 is 0 Å². The van der Waals surface area contributed by atoms with E-state index in [1.54, 1.807) is 4.90 Å². The minimum Gasteiger partial charge on any atom is -0.342 e. The van der Waals surface area contributed by atoms with Crippen molar-refractivity contribution in [2.45, 2.75) is 44.6 Å². The van der Waals surface area contributed by atoms with E-state index in [0.29, 0.717) is 32.4 Å². The van der Waals surface area contributed by atoms with Crippen LogP contribution in [0.25, 0.3) is 0 Å². The zero-order valence-electron chi connectivity index (χ0n) is 10.6. The Kier molecular flexibility index (Phi) is 3.54. The first kappa shape index (κ1) is 12.9. The van der Waals surface area contributed by atoms with Crippen molar-refractivity contribution in [3.05, 3.63) is 0 Å². The summed E-state index contributed by atoms with van der Waals surface area (Å²) >= 11 is 0. The number of imide groups is 1. The number of hydrogen-bond acceptors (Lipinski definition) is 3. The van der Waals surface area contributed by atoms with E-state index in [1.165, 1.54) is 0 Å². The maximum Gasteiger partial charge on any atom is 0.322 e. The fourth-order valence-corrected chi connectivity index (χ4v) is 2.50. The lowest BCUT2D eigenvalue weighted by atomic mass is 9.87. The summed E-state index contributed by atoms with van der Waals surface area (Å²) in [4.78, 5) is 36.5. The maximum absolute atomic E-state index is 11.8. The van der Waals surface area contributed by atoms with E-state index in [2.05, 4.69) is 17.6 Å². The number of rotatable bonds is 3. The van der Waals surface area contributed by atoms with E-state index < -0.39 is 11.6 Å². The molecule has 100 valence electrons. The molecule has 0 aliphatic carbocycles. The average Bonchev–Trinajstić information content (AvgIpc) is 2.62. The van der Waals surface area contributed by atoms with Gasteiger partial charge in [0.2, 0.25) is 5.91 Å². The Balaban J connectivity index is 1.90. The number of urea groups is 1. The van der Waals surface area contributed by atoms with Crippen LogP contribution in [0, 0.1) is 0 Å². The Morgan fingerprint density at radius 3 is 2.50 bits per heavy atom. The van der Waals surface area contributed by atoms with Crippen molar-refractivity contribution in [2.75, 3.05) is 13.1 Å². The Hall–Kier alpha value is -1.59. The number of amides is 4. The fourth-order valence-electron chi connectivity index (χ4n) is 2.50. The molecule has 0 saturated carbocycles. The lowest BCUT2D eigenvalue weighted by Gasteiger charge is -2.37. The number of carbonyl (C=O) groups is 3. The molecule has 1 spiro atoms.